The van der Waals surface area contributed by atoms with Gasteiger partial charge in [-0.1, -0.05) is 37.6 Å². The average Bonchev–Trinajstić information content (AvgIpc) is 3.40. The number of aromatic nitrogens is 1. The van der Waals surface area contributed by atoms with Crippen LogP contribution in [-0.2, 0) is 27.8 Å². The van der Waals surface area contributed by atoms with Gasteiger partial charge in [-0.25, -0.2) is 4.79 Å². The van der Waals surface area contributed by atoms with Crippen LogP contribution in [0, 0.1) is 11.8 Å². The molecule has 2 N–H and O–H groups in total. The molecule has 7 rings (SSSR count). The molecule has 2 heterocycles. The maximum absolute atomic E-state index is 13.0. The van der Waals surface area contributed by atoms with Gasteiger partial charge in [-0.15, -0.1) is 0 Å². The molecule has 4 aliphatic rings. The van der Waals surface area contributed by atoms with Crippen molar-refractivity contribution >= 4 is 23.3 Å². The highest BCUT2D eigenvalue weighted by Gasteiger charge is 2.54. The van der Waals surface area contributed by atoms with Crippen molar-refractivity contribution in [2.45, 2.75) is 102 Å². The zero-order valence-corrected chi connectivity index (χ0v) is 31.2. The lowest BCUT2D eigenvalue weighted by Crippen LogP contribution is -2.53. The van der Waals surface area contributed by atoms with Crippen molar-refractivity contribution in [3.63, 3.8) is 0 Å². The van der Waals surface area contributed by atoms with E-state index in [2.05, 4.69) is 54.2 Å². The molecule has 3 aliphatic carbocycles. The van der Waals surface area contributed by atoms with Gasteiger partial charge in [0.05, 0.1) is 19.8 Å². The Bertz CT molecular complexity index is 1680. The third-order valence-corrected chi connectivity index (χ3v) is 12.5. The SMILES string of the molecule is C[C@@H](COc1ccnc2c1[C@H](C)CCC2)CC1Cc2ccc(O[C@H](C)CN3CCOCC3)cc2C12CCC(Nc1cccc(Cl)c1)(C(=O)O)CC2. The molecule has 2 fully saturated rings. The summed E-state index contributed by atoms with van der Waals surface area (Å²) in [6, 6.07) is 16.1. The zero-order valence-electron chi connectivity index (χ0n) is 30.5. The number of morpholine rings is 1. The Balaban J connectivity index is 1.11. The number of carboxylic acid groups (broad SMARTS) is 1. The number of pyridine rings is 1. The molecule has 4 atom stereocenters. The number of nitrogens with one attached hydrogen (secondary N) is 1. The molecular formula is C42H54ClN3O5. The number of nitrogens with zero attached hydrogens (tertiary/aromatic N) is 2. The molecule has 1 saturated heterocycles. The van der Waals surface area contributed by atoms with Crippen LogP contribution < -0.4 is 14.8 Å². The van der Waals surface area contributed by atoms with Gasteiger partial charge in [0.1, 0.15) is 23.1 Å². The molecule has 1 unspecified atom stereocenters. The van der Waals surface area contributed by atoms with Crippen LogP contribution >= 0.6 is 11.6 Å². The first-order chi connectivity index (χ1) is 24.6. The van der Waals surface area contributed by atoms with E-state index in [1.807, 2.05) is 36.5 Å². The highest BCUT2D eigenvalue weighted by atomic mass is 35.5. The first kappa shape index (κ1) is 36.0. The molecule has 8 nitrogen and oxygen atoms in total. The van der Waals surface area contributed by atoms with Crippen LogP contribution in [-0.4, -0.2) is 72.1 Å². The van der Waals surface area contributed by atoms with Gasteiger partial charge in [-0.05, 0) is 135 Å². The third kappa shape index (κ3) is 7.74. The predicted molar refractivity (Wildman–Crippen MR) is 201 cm³/mol. The van der Waals surface area contributed by atoms with Crippen molar-refractivity contribution in [3.8, 4) is 11.5 Å². The minimum absolute atomic E-state index is 0.0426. The number of anilines is 1. The quantitative estimate of drug-likeness (QED) is 0.194. The van der Waals surface area contributed by atoms with Crippen molar-refractivity contribution in [2.75, 3.05) is 44.8 Å². The van der Waals surface area contributed by atoms with Gasteiger partial charge in [0.25, 0.3) is 0 Å². The summed E-state index contributed by atoms with van der Waals surface area (Å²) >= 11 is 6.30. The minimum atomic E-state index is -1.06. The van der Waals surface area contributed by atoms with E-state index in [4.69, 9.17) is 25.8 Å². The molecule has 1 aromatic heterocycles. The number of halogens is 1. The number of fused-ring (bicyclic) bond motifs is 3. The topological polar surface area (TPSA) is 93.2 Å². The maximum Gasteiger partial charge on any atom is 0.329 e. The number of hydrogen-bond donors (Lipinski definition) is 2. The Morgan fingerprint density at radius 1 is 1.12 bits per heavy atom. The molecule has 9 heteroatoms. The second-order valence-corrected chi connectivity index (χ2v) is 16.3. The molecule has 274 valence electrons. The van der Waals surface area contributed by atoms with Crippen molar-refractivity contribution in [3.05, 3.63) is 82.1 Å². The van der Waals surface area contributed by atoms with Gasteiger partial charge >= 0.3 is 5.97 Å². The lowest BCUT2D eigenvalue weighted by atomic mass is 9.59. The molecule has 1 saturated carbocycles. The van der Waals surface area contributed by atoms with E-state index < -0.39 is 11.5 Å². The number of hydrogen-bond acceptors (Lipinski definition) is 7. The molecule has 1 aliphatic heterocycles. The normalized spacial score (nSPS) is 27.3. The Morgan fingerprint density at radius 2 is 1.92 bits per heavy atom. The molecule has 51 heavy (non-hydrogen) atoms. The predicted octanol–water partition coefficient (Wildman–Crippen LogP) is 8.30. The van der Waals surface area contributed by atoms with Gasteiger partial charge in [0, 0.05) is 47.8 Å². The Morgan fingerprint density at radius 3 is 2.69 bits per heavy atom. The zero-order chi connectivity index (χ0) is 35.6. The Kier molecular flexibility index (Phi) is 10.8. The van der Waals surface area contributed by atoms with Crippen molar-refractivity contribution < 1.29 is 24.1 Å². The largest absolute Gasteiger partial charge is 0.493 e. The fraction of sp³-hybridized carbons (Fsp3) is 0.571. The van der Waals surface area contributed by atoms with Crippen LogP contribution in [0.4, 0.5) is 5.69 Å². The average molecular weight is 716 g/mol. The number of carboxylic acids is 1. The molecule has 0 bridgehead atoms. The van der Waals surface area contributed by atoms with Crippen LogP contribution in [0.15, 0.2) is 54.7 Å². The second-order valence-electron chi connectivity index (χ2n) is 15.9. The number of rotatable bonds is 12. The van der Waals surface area contributed by atoms with Crippen molar-refractivity contribution in [1.29, 1.82) is 0 Å². The Hall–Kier alpha value is -3.33. The van der Waals surface area contributed by atoms with E-state index in [0.717, 1.165) is 82.1 Å². The van der Waals surface area contributed by atoms with Gasteiger partial charge < -0.3 is 24.6 Å². The summed E-state index contributed by atoms with van der Waals surface area (Å²) in [6.45, 7) is 11.7. The number of benzene rings is 2. The van der Waals surface area contributed by atoms with Crippen LogP contribution in [0.25, 0.3) is 0 Å². The first-order valence-electron chi connectivity index (χ1n) is 19.1. The summed E-state index contributed by atoms with van der Waals surface area (Å²) in [5.74, 6) is 2.24. The first-order valence-corrected chi connectivity index (χ1v) is 19.5. The van der Waals surface area contributed by atoms with E-state index in [0.29, 0.717) is 42.2 Å². The van der Waals surface area contributed by atoms with Crippen LogP contribution in [0.1, 0.15) is 94.0 Å². The summed E-state index contributed by atoms with van der Waals surface area (Å²) in [5, 5.41) is 14.7. The summed E-state index contributed by atoms with van der Waals surface area (Å²) in [7, 11) is 0. The summed E-state index contributed by atoms with van der Waals surface area (Å²) in [5.41, 5.74) is 4.73. The van der Waals surface area contributed by atoms with Gasteiger partial charge in [0.15, 0.2) is 0 Å². The van der Waals surface area contributed by atoms with E-state index >= 15 is 0 Å². The van der Waals surface area contributed by atoms with E-state index in [-0.39, 0.29) is 11.5 Å². The lowest BCUT2D eigenvalue weighted by molar-refractivity contribution is -0.144. The molecule has 1 spiro atoms. The number of ether oxygens (including phenoxy) is 3. The summed E-state index contributed by atoms with van der Waals surface area (Å²) in [6.07, 6.45) is 9.91. The number of aliphatic carboxylic acids is 1. The van der Waals surface area contributed by atoms with Gasteiger partial charge in [-0.3, -0.25) is 9.88 Å². The van der Waals surface area contributed by atoms with E-state index in [1.54, 1.807) is 0 Å². The minimum Gasteiger partial charge on any atom is -0.493 e. The molecule has 2 aromatic carbocycles. The van der Waals surface area contributed by atoms with Gasteiger partial charge in [0.2, 0.25) is 0 Å². The maximum atomic E-state index is 13.0. The Labute approximate surface area is 308 Å². The van der Waals surface area contributed by atoms with Crippen LogP contribution in [0.5, 0.6) is 11.5 Å². The second kappa shape index (κ2) is 15.3. The fourth-order valence-electron chi connectivity index (χ4n) is 9.57. The molecule has 0 amide bonds. The highest BCUT2D eigenvalue weighted by Crippen LogP contribution is 2.57. The monoisotopic (exact) mass is 715 g/mol. The summed E-state index contributed by atoms with van der Waals surface area (Å²) < 4.78 is 18.7. The number of carbonyl (C=O) groups is 1. The molecular weight excluding hydrogens is 662 g/mol. The lowest BCUT2D eigenvalue weighted by Gasteiger charge is -2.47. The smallest absolute Gasteiger partial charge is 0.329 e. The third-order valence-electron chi connectivity index (χ3n) is 12.2. The standard InChI is InChI=1S/C42H54ClN3O5/c1-28(27-50-38-12-17-44-37-9-4-6-29(2)39(37)38)22-32-23-31-10-11-35(51-30(3)26-46-18-20-49-21-19-46)25-36(31)41(32)13-15-42(16-14-41,40(47)48)45-34-8-5-7-33(43)24-34/h5,7-8,10-12,17,24-25,28-30,32,45H,4,6,9,13-16,18-23,26-27H2,1-3H3,(H,47,48)/t28-,29-,30-,32?,41?,42?/m1/s1. The van der Waals surface area contributed by atoms with Gasteiger partial charge in [-0.2, -0.15) is 0 Å². The van der Waals surface area contributed by atoms with E-state index in [1.165, 1.54) is 35.2 Å². The molecule has 0 radical (unpaired) electrons. The molecule has 3 aromatic rings. The van der Waals surface area contributed by atoms with E-state index in [9.17, 15) is 9.90 Å². The van der Waals surface area contributed by atoms with Crippen LogP contribution in [0.3, 0.4) is 0 Å². The number of aryl methyl sites for hydroxylation is 1. The van der Waals surface area contributed by atoms with Crippen molar-refractivity contribution in [1.82, 2.24) is 9.88 Å². The van der Waals surface area contributed by atoms with Crippen molar-refractivity contribution in [2.24, 2.45) is 11.8 Å². The summed E-state index contributed by atoms with van der Waals surface area (Å²) in [4.78, 5) is 20.1. The van der Waals surface area contributed by atoms with Crippen LogP contribution in [0.2, 0.25) is 5.02 Å². The highest BCUT2D eigenvalue weighted by molar-refractivity contribution is 6.30. The fourth-order valence-corrected chi connectivity index (χ4v) is 9.76.